The van der Waals surface area contributed by atoms with E-state index in [1.54, 1.807) is 0 Å². The van der Waals surface area contributed by atoms with Crippen LogP contribution in [0.1, 0.15) is 20.7 Å². The van der Waals surface area contributed by atoms with Crippen LogP contribution in [0.3, 0.4) is 0 Å². The molecular formula is C12H7ClN2O5S. The number of carboxylic acid groups (broad SMARTS) is 1. The van der Waals surface area contributed by atoms with Crippen molar-refractivity contribution in [1.82, 2.24) is 0 Å². The van der Waals surface area contributed by atoms with Crippen molar-refractivity contribution >= 4 is 45.5 Å². The highest BCUT2D eigenvalue weighted by Crippen LogP contribution is 2.29. The van der Waals surface area contributed by atoms with Crippen molar-refractivity contribution in [3.05, 3.63) is 55.9 Å². The number of carbonyl (C=O) groups excluding carboxylic acids is 1. The number of carboxylic acids is 1. The van der Waals surface area contributed by atoms with E-state index in [-0.39, 0.29) is 21.2 Å². The van der Waals surface area contributed by atoms with Gasteiger partial charge in [0.25, 0.3) is 11.6 Å². The van der Waals surface area contributed by atoms with Gasteiger partial charge < -0.3 is 10.4 Å². The van der Waals surface area contributed by atoms with E-state index >= 15 is 0 Å². The number of benzene rings is 1. The third-order valence-electron chi connectivity index (χ3n) is 2.54. The summed E-state index contributed by atoms with van der Waals surface area (Å²) in [5.41, 5.74) is -0.856. The lowest BCUT2D eigenvalue weighted by Gasteiger charge is -2.06. The summed E-state index contributed by atoms with van der Waals surface area (Å²) in [5, 5.41) is 23.7. The van der Waals surface area contributed by atoms with E-state index < -0.39 is 22.5 Å². The van der Waals surface area contributed by atoms with Crippen molar-refractivity contribution in [1.29, 1.82) is 0 Å². The molecule has 1 aromatic carbocycles. The fraction of sp³-hybridized carbons (Fsp3) is 0. The van der Waals surface area contributed by atoms with Gasteiger partial charge in [0.1, 0.15) is 10.6 Å². The maximum Gasteiger partial charge on any atom is 0.338 e. The Morgan fingerprint density at radius 3 is 2.67 bits per heavy atom. The second-order valence-corrected chi connectivity index (χ2v) is 5.14. The maximum absolute atomic E-state index is 12.1. The van der Waals surface area contributed by atoms with Crippen LogP contribution in [0.2, 0.25) is 5.02 Å². The molecule has 9 heteroatoms. The van der Waals surface area contributed by atoms with Crippen LogP contribution in [-0.2, 0) is 0 Å². The van der Waals surface area contributed by atoms with Gasteiger partial charge in [0.2, 0.25) is 0 Å². The Hall–Kier alpha value is -2.45. The molecule has 0 bridgehead atoms. The standard InChI is InChI=1S/C12H7ClN2O5S/c13-7-2-1-3-8(15(19)20)9(7)10(16)14-11-6(12(17)18)4-5-21-11/h1-5H,(H,14,16)(H,17,18). The summed E-state index contributed by atoms with van der Waals surface area (Å²) in [5.74, 6) is -2.04. The summed E-state index contributed by atoms with van der Waals surface area (Å²) >= 11 is 6.83. The van der Waals surface area contributed by atoms with E-state index in [0.29, 0.717) is 0 Å². The second kappa shape index (κ2) is 5.90. The zero-order chi connectivity index (χ0) is 15.6. The van der Waals surface area contributed by atoms with Gasteiger partial charge in [0, 0.05) is 6.07 Å². The quantitative estimate of drug-likeness (QED) is 0.662. The topological polar surface area (TPSA) is 110 Å². The van der Waals surface area contributed by atoms with Gasteiger partial charge in [-0.1, -0.05) is 17.7 Å². The van der Waals surface area contributed by atoms with Crippen LogP contribution >= 0.6 is 22.9 Å². The molecule has 0 unspecified atom stereocenters. The van der Waals surface area contributed by atoms with Crippen LogP contribution in [0.15, 0.2) is 29.6 Å². The molecule has 1 heterocycles. The highest BCUT2D eigenvalue weighted by molar-refractivity contribution is 7.14. The molecule has 7 nitrogen and oxygen atoms in total. The Morgan fingerprint density at radius 1 is 1.33 bits per heavy atom. The number of nitrogens with zero attached hydrogens (tertiary/aromatic N) is 1. The third kappa shape index (κ3) is 3.01. The van der Waals surface area contributed by atoms with Crippen LogP contribution in [0.5, 0.6) is 0 Å². The van der Waals surface area contributed by atoms with E-state index in [9.17, 15) is 19.7 Å². The van der Waals surface area contributed by atoms with Gasteiger partial charge >= 0.3 is 5.97 Å². The predicted molar refractivity (Wildman–Crippen MR) is 77.3 cm³/mol. The molecule has 0 spiro atoms. The van der Waals surface area contributed by atoms with Crippen molar-refractivity contribution in [2.75, 3.05) is 5.32 Å². The Labute approximate surface area is 126 Å². The van der Waals surface area contributed by atoms with Gasteiger partial charge in [0.05, 0.1) is 15.5 Å². The van der Waals surface area contributed by atoms with Gasteiger partial charge in [-0.2, -0.15) is 0 Å². The molecule has 0 atom stereocenters. The van der Waals surface area contributed by atoms with Crippen molar-refractivity contribution < 1.29 is 19.6 Å². The average Bonchev–Trinajstić information content (AvgIpc) is 2.86. The van der Waals surface area contributed by atoms with Crippen LogP contribution in [0.4, 0.5) is 10.7 Å². The first-order valence-electron chi connectivity index (χ1n) is 5.47. The first kappa shape index (κ1) is 14.9. The number of nitro groups is 1. The van der Waals surface area contributed by atoms with Gasteiger partial charge in [-0.3, -0.25) is 14.9 Å². The van der Waals surface area contributed by atoms with Crippen molar-refractivity contribution in [2.45, 2.75) is 0 Å². The molecule has 108 valence electrons. The Balaban J connectivity index is 2.40. The lowest BCUT2D eigenvalue weighted by Crippen LogP contribution is -2.15. The molecule has 1 aromatic heterocycles. The molecule has 2 rings (SSSR count). The zero-order valence-electron chi connectivity index (χ0n) is 10.2. The van der Waals surface area contributed by atoms with Gasteiger partial charge in [-0.15, -0.1) is 11.3 Å². The SMILES string of the molecule is O=C(O)c1ccsc1NC(=O)c1c(Cl)cccc1[N+](=O)[O-]. The first-order valence-corrected chi connectivity index (χ1v) is 6.72. The Kier molecular flexibility index (Phi) is 4.20. The molecule has 0 radical (unpaired) electrons. The normalized spacial score (nSPS) is 10.1. The molecule has 0 saturated carbocycles. The number of carbonyl (C=O) groups is 2. The Bertz CT molecular complexity index is 743. The summed E-state index contributed by atoms with van der Waals surface area (Å²) in [4.78, 5) is 33.3. The highest BCUT2D eigenvalue weighted by atomic mass is 35.5. The van der Waals surface area contributed by atoms with E-state index in [2.05, 4.69) is 5.32 Å². The predicted octanol–water partition coefficient (Wildman–Crippen LogP) is 3.26. The molecule has 2 aromatic rings. The van der Waals surface area contributed by atoms with Crippen molar-refractivity contribution in [2.24, 2.45) is 0 Å². The molecular weight excluding hydrogens is 320 g/mol. The third-order valence-corrected chi connectivity index (χ3v) is 3.68. The molecule has 0 aliphatic rings. The minimum absolute atomic E-state index is 0.0849. The highest BCUT2D eigenvalue weighted by Gasteiger charge is 2.25. The maximum atomic E-state index is 12.1. The summed E-state index contributed by atoms with van der Waals surface area (Å²) in [6.07, 6.45) is 0. The first-order chi connectivity index (χ1) is 9.91. The number of aromatic carboxylic acids is 1. The van der Waals surface area contributed by atoms with E-state index in [1.807, 2.05) is 0 Å². The number of anilines is 1. The van der Waals surface area contributed by atoms with Crippen LogP contribution in [0.25, 0.3) is 0 Å². The monoisotopic (exact) mass is 326 g/mol. The largest absolute Gasteiger partial charge is 0.478 e. The number of hydrogen-bond donors (Lipinski definition) is 2. The molecule has 0 fully saturated rings. The summed E-state index contributed by atoms with van der Waals surface area (Å²) in [7, 11) is 0. The van der Waals surface area contributed by atoms with Crippen LogP contribution in [0, 0.1) is 10.1 Å². The molecule has 0 aliphatic heterocycles. The fourth-order valence-corrected chi connectivity index (χ4v) is 2.66. The fourth-order valence-electron chi connectivity index (χ4n) is 1.63. The smallest absolute Gasteiger partial charge is 0.338 e. The molecule has 0 saturated heterocycles. The van der Waals surface area contributed by atoms with Crippen LogP contribution in [-0.4, -0.2) is 21.9 Å². The number of nitro benzene ring substituents is 1. The summed E-state index contributed by atoms with van der Waals surface area (Å²) < 4.78 is 0. The lowest BCUT2D eigenvalue weighted by molar-refractivity contribution is -0.385. The zero-order valence-corrected chi connectivity index (χ0v) is 11.8. The van der Waals surface area contributed by atoms with Crippen LogP contribution < -0.4 is 5.32 Å². The minimum atomic E-state index is -1.21. The van der Waals surface area contributed by atoms with Gasteiger partial charge in [-0.25, -0.2) is 4.79 Å². The average molecular weight is 327 g/mol. The van der Waals surface area contributed by atoms with Gasteiger partial charge in [0.15, 0.2) is 0 Å². The minimum Gasteiger partial charge on any atom is -0.478 e. The summed E-state index contributed by atoms with van der Waals surface area (Å²) in [6.45, 7) is 0. The van der Waals surface area contributed by atoms with E-state index in [0.717, 1.165) is 17.4 Å². The molecule has 1 amide bonds. The number of amides is 1. The number of hydrogen-bond acceptors (Lipinski definition) is 5. The van der Waals surface area contributed by atoms with E-state index in [1.165, 1.54) is 23.6 Å². The van der Waals surface area contributed by atoms with Gasteiger partial charge in [-0.05, 0) is 17.5 Å². The molecule has 21 heavy (non-hydrogen) atoms. The number of nitrogens with one attached hydrogen (secondary N) is 1. The van der Waals surface area contributed by atoms with Crippen molar-refractivity contribution in [3.8, 4) is 0 Å². The van der Waals surface area contributed by atoms with Crippen molar-refractivity contribution in [3.63, 3.8) is 0 Å². The van der Waals surface area contributed by atoms with E-state index in [4.69, 9.17) is 16.7 Å². The number of halogens is 1. The second-order valence-electron chi connectivity index (χ2n) is 3.81. The number of thiophene rings is 1. The molecule has 0 aliphatic carbocycles. The lowest BCUT2D eigenvalue weighted by atomic mass is 10.1. The molecule has 2 N–H and O–H groups in total. The summed E-state index contributed by atoms with van der Waals surface area (Å²) in [6, 6.07) is 5.16. The Morgan fingerprint density at radius 2 is 2.05 bits per heavy atom. The number of rotatable bonds is 4.